The van der Waals surface area contributed by atoms with Gasteiger partial charge in [-0.25, -0.2) is 4.79 Å². The summed E-state index contributed by atoms with van der Waals surface area (Å²) in [5.74, 6) is -0.222. The molecule has 9 heteroatoms. The fourth-order valence-corrected chi connectivity index (χ4v) is 3.65. The predicted octanol–water partition coefficient (Wildman–Crippen LogP) is 2.15. The monoisotopic (exact) mass is 349 g/mol. The molecular weight excluding hydrogens is 326 g/mol. The molecule has 0 spiro atoms. The maximum absolute atomic E-state index is 12.2. The first-order chi connectivity index (χ1) is 11.9. The lowest BCUT2D eigenvalue weighted by Crippen LogP contribution is -2.33. The number of nitro groups is 1. The number of carbonyl (C=O) groups is 1. The van der Waals surface area contributed by atoms with Crippen molar-refractivity contribution in [1.29, 1.82) is 0 Å². The Balaban J connectivity index is 2.18. The molecule has 0 N–H and O–H groups in total. The van der Waals surface area contributed by atoms with Gasteiger partial charge >= 0.3 is 11.7 Å². The third-order valence-electron chi connectivity index (χ3n) is 5.05. The van der Waals surface area contributed by atoms with E-state index in [0.717, 1.165) is 32.2 Å². The Morgan fingerprint density at radius 3 is 2.24 bits per heavy atom. The molecular formula is C16H23N5O4. The van der Waals surface area contributed by atoms with Gasteiger partial charge in [0.05, 0.1) is 12.0 Å². The highest BCUT2D eigenvalue weighted by atomic mass is 16.6. The molecule has 2 fully saturated rings. The molecule has 1 aromatic rings. The second kappa shape index (κ2) is 6.81. The Kier molecular flexibility index (Phi) is 4.73. The van der Waals surface area contributed by atoms with Gasteiger partial charge in [0.15, 0.2) is 0 Å². The molecule has 136 valence electrons. The second-order valence-corrected chi connectivity index (χ2v) is 6.66. The van der Waals surface area contributed by atoms with Crippen molar-refractivity contribution in [3.63, 3.8) is 0 Å². The van der Waals surface area contributed by atoms with Crippen LogP contribution in [-0.4, -0.2) is 53.1 Å². The highest BCUT2D eigenvalue weighted by molar-refractivity contribution is 5.94. The molecule has 0 radical (unpaired) electrons. The fraction of sp³-hybridized carbons (Fsp3) is 0.688. The van der Waals surface area contributed by atoms with E-state index in [-0.39, 0.29) is 29.3 Å². The molecule has 2 aliphatic heterocycles. The van der Waals surface area contributed by atoms with E-state index in [1.54, 1.807) is 0 Å². The van der Waals surface area contributed by atoms with Crippen LogP contribution in [0.25, 0.3) is 0 Å². The molecule has 3 rings (SSSR count). The summed E-state index contributed by atoms with van der Waals surface area (Å²) >= 11 is 0. The van der Waals surface area contributed by atoms with Crippen molar-refractivity contribution in [2.24, 2.45) is 0 Å². The molecule has 1 aromatic heterocycles. The number of anilines is 2. The third-order valence-corrected chi connectivity index (χ3v) is 5.05. The van der Waals surface area contributed by atoms with Crippen molar-refractivity contribution in [2.75, 3.05) is 30.0 Å². The van der Waals surface area contributed by atoms with Gasteiger partial charge in [-0.3, -0.25) is 10.1 Å². The quantitative estimate of drug-likeness (QED) is 0.463. The molecule has 0 aliphatic carbocycles. The number of aromatic nitrogens is 2. The van der Waals surface area contributed by atoms with Gasteiger partial charge in [0.25, 0.3) is 0 Å². The number of hydrogen-bond acceptors (Lipinski definition) is 8. The van der Waals surface area contributed by atoms with Crippen LogP contribution >= 0.6 is 0 Å². The van der Waals surface area contributed by atoms with Gasteiger partial charge in [-0.1, -0.05) is 0 Å². The summed E-state index contributed by atoms with van der Waals surface area (Å²) in [6, 6.07) is 0.360. The molecule has 3 heterocycles. The highest BCUT2D eigenvalue weighted by Crippen LogP contribution is 2.36. The standard InChI is InChI=1S/C16H23N5O4/c1-10-6-4-8-19(10)14-13(21(23)24)12(15(22)25-3)17-16(18-14)20-9-5-7-11(20)2/h10-11H,4-9H2,1-3H3. The van der Waals surface area contributed by atoms with E-state index in [9.17, 15) is 14.9 Å². The number of carbonyl (C=O) groups excluding carboxylic acids is 1. The SMILES string of the molecule is COC(=O)c1nc(N2CCCC2C)nc(N2CCCC2C)c1[N+](=O)[O-]. The van der Waals surface area contributed by atoms with E-state index >= 15 is 0 Å². The summed E-state index contributed by atoms with van der Waals surface area (Å²) in [5.41, 5.74) is -0.637. The molecule has 2 saturated heterocycles. The maximum Gasteiger partial charge on any atom is 0.364 e. The number of nitrogens with zero attached hydrogens (tertiary/aromatic N) is 5. The zero-order valence-electron chi connectivity index (χ0n) is 14.8. The van der Waals surface area contributed by atoms with E-state index in [4.69, 9.17) is 4.74 Å². The van der Waals surface area contributed by atoms with Crippen LogP contribution in [0.1, 0.15) is 50.0 Å². The summed E-state index contributed by atoms with van der Waals surface area (Å²) in [6.07, 6.45) is 3.88. The lowest BCUT2D eigenvalue weighted by molar-refractivity contribution is -0.385. The minimum Gasteiger partial charge on any atom is -0.464 e. The van der Waals surface area contributed by atoms with E-state index in [1.165, 1.54) is 7.11 Å². The van der Waals surface area contributed by atoms with Crippen molar-refractivity contribution in [2.45, 2.75) is 51.6 Å². The van der Waals surface area contributed by atoms with Gasteiger partial charge in [0, 0.05) is 25.2 Å². The molecule has 0 saturated carbocycles. The maximum atomic E-state index is 12.2. The van der Waals surface area contributed by atoms with Gasteiger partial charge in [-0.2, -0.15) is 9.97 Å². The van der Waals surface area contributed by atoms with Crippen LogP contribution in [0.2, 0.25) is 0 Å². The summed E-state index contributed by atoms with van der Waals surface area (Å²) in [5, 5.41) is 11.7. The van der Waals surface area contributed by atoms with Gasteiger partial charge in [0.1, 0.15) is 0 Å². The highest BCUT2D eigenvalue weighted by Gasteiger charge is 2.37. The van der Waals surface area contributed by atoms with Gasteiger partial charge in [-0.15, -0.1) is 0 Å². The van der Waals surface area contributed by atoms with Gasteiger partial charge in [-0.05, 0) is 39.5 Å². The number of hydrogen-bond donors (Lipinski definition) is 0. The number of methoxy groups -OCH3 is 1. The smallest absolute Gasteiger partial charge is 0.364 e. The Labute approximate surface area is 146 Å². The molecule has 2 aliphatic rings. The molecule has 2 unspecified atom stereocenters. The van der Waals surface area contributed by atoms with E-state index in [2.05, 4.69) is 16.9 Å². The lowest BCUT2D eigenvalue weighted by Gasteiger charge is -2.26. The lowest BCUT2D eigenvalue weighted by atomic mass is 10.2. The fourth-order valence-electron chi connectivity index (χ4n) is 3.65. The van der Waals surface area contributed by atoms with E-state index in [0.29, 0.717) is 12.5 Å². The first-order valence-electron chi connectivity index (χ1n) is 8.62. The Morgan fingerprint density at radius 2 is 1.76 bits per heavy atom. The number of rotatable bonds is 4. The van der Waals surface area contributed by atoms with Crippen LogP contribution in [0.4, 0.5) is 17.5 Å². The third kappa shape index (κ3) is 3.10. The Morgan fingerprint density at radius 1 is 1.16 bits per heavy atom. The summed E-state index contributed by atoms with van der Waals surface area (Å²) < 4.78 is 4.75. The molecule has 9 nitrogen and oxygen atoms in total. The summed E-state index contributed by atoms with van der Waals surface area (Å²) in [7, 11) is 1.20. The molecule has 0 bridgehead atoms. The normalized spacial score (nSPS) is 23.2. The molecule has 2 atom stereocenters. The number of esters is 1. The average Bonchev–Trinajstić information content (AvgIpc) is 3.20. The van der Waals surface area contributed by atoms with Crippen molar-refractivity contribution in [1.82, 2.24) is 9.97 Å². The minimum absolute atomic E-state index is 0.128. The van der Waals surface area contributed by atoms with Gasteiger partial charge in [0.2, 0.25) is 17.5 Å². The molecule has 0 amide bonds. The van der Waals surface area contributed by atoms with Crippen LogP contribution in [-0.2, 0) is 4.74 Å². The Hall–Kier alpha value is -2.45. The van der Waals surface area contributed by atoms with E-state index in [1.807, 2.05) is 16.7 Å². The first kappa shape index (κ1) is 17.4. The van der Waals surface area contributed by atoms with Crippen LogP contribution < -0.4 is 9.80 Å². The van der Waals surface area contributed by atoms with Crippen LogP contribution in [0, 0.1) is 10.1 Å². The number of ether oxygens (including phenoxy) is 1. The van der Waals surface area contributed by atoms with Crippen LogP contribution in [0.3, 0.4) is 0 Å². The average molecular weight is 349 g/mol. The zero-order chi connectivity index (χ0) is 18.1. The topological polar surface area (TPSA) is 102 Å². The second-order valence-electron chi connectivity index (χ2n) is 6.66. The largest absolute Gasteiger partial charge is 0.464 e. The van der Waals surface area contributed by atoms with Crippen molar-refractivity contribution in [3.05, 3.63) is 15.8 Å². The Bertz CT molecular complexity index is 695. The van der Waals surface area contributed by atoms with E-state index < -0.39 is 10.9 Å². The minimum atomic E-state index is -0.810. The summed E-state index contributed by atoms with van der Waals surface area (Å²) in [6.45, 7) is 5.52. The van der Waals surface area contributed by atoms with Crippen LogP contribution in [0.15, 0.2) is 0 Å². The predicted molar refractivity (Wildman–Crippen MR) is 92.1 cm³/mol. The zero-order valence-corrected chi connectivity index (χ0v) is 14.8. The van der Waals surface area contributed by atoms with Gasteiger partial charge < -0.3 is 14.5 Å². The van der Waals surface area contributed by atoms with Crippen molar-refractivity contribution < 1.29 is 14.5 Å². The molecule has 0 aromatic carbocycles. The van der Waals surface area contributed by atoms with Crippen LogP contribution in [0.5, 0.6) is 0 Å². The van der Waals surface area contributed by atoms with Crippen molar-refractivity contribution in [3.8, 4) is 0 Å². The first-order valence-corrected chi connectivity index (χ1v) is 8.62. The summed E-state index contributed by atoms with van der Waals surface area (Å²) in [4.78, 5) is 36.0. The molecule has 25 heavy (non-hydrogen) atoms. The van der Waals surface area contributed by atoms with Crippen molar-refractivity contribution >= 4 is 23.4 Å².